The van der Waals surface area contributed by atoms with Crippen LogP contribution in [-0.4, -0.2) is 28.8 Å². The van der Waals surface area contributed by atoms with Crippen molar-refractivity contribution in [1.82, 2.24) is 4.98 Å². The molecule has 0 aliphatic rings. The largest absolute Gasteiger partial charge is 0.458 e. The SMILES string of the molecule is Cc1sc(NC(=O)OC(C)(C)C)nc1C(=O)OC(C)C. The minimum absolute atomic E-state index is 0.217. The first-order chi connectivity index (χ1) is 9.08. The van der Waals surface area contributed by atoms with Gasteiger partial charge in [-0.1, -0.05) is 0 Å². The van der Waals surface area contributed by atoms with Crippen LogP contribution < -0.4 is 5.32 Å². The first-order valence-electron chi connectivity index (χ1n) is 6.27. The van der Waals surface area contributed by atoms with E-state index in [1.807, 2.05) is 0 Å². The van der Waals surface area contributed by atoms with Crippen molar-refractivity contribution in [3.8, 4) is 0 Å². The van der Waals surface area contributed by atoms with E-state index in [0.29, 0.717) is 10.0 Å². The van der Waals surface area contributed by atoms with E-state index in [1.54, 1.807) is 41.5 Å². The quantitative estimate of drug-likeness (QED) is 0.866. The minimum atomic E-state index is -0.602. The van der Waals surface area contributed by atoms with E-state index >= 15 is 0 Å². The van der Waals surface area contributed by atoms with Gasteiger partial charge in [0.25, 0.3) is 0 Å². The summed E-state index contributed by atoms with van der Waals surface area (Å²) in [6.45, 7) is 10.6. The fraction of sp³-hybridized carbons (Fsp3) is 0.615. The second kappa shape index (κ2) is 6.21. The Kier molecular flexibility index (Phi) is 5.10. The molecule has 1 N–H and O–H groups in total. The summed E-state index contributed by atoms with van der Waals surface area (Å²) >= 11 is 1.20. The van der Waals surface area contributed by atoms with Gasteiger partial charge in [-0.3, -0.25) is 5.32 Å². The average molecular weight is 300 g/mol. The third kappa shape index (κ3) is 5.16. The summed E-state index contributed by atoms with van der Waals surface area (Å²) in [6.07, 6.45) is -0.819. The Labute approximate surface area is 122 Å². The molecule has 1 heterocycles. The number of nitrogens with one attached hydrogen (secondary N) is 1. The minimum Gasteiger partial charge on any atom is -0.458 e. The van der Waals surface area contributed by atoms with Crippen LogP contribution in [0, 0.1) is 6.92 Å². The molecule has 0 aromatic carbocycles. The molecule has 1 aromatic heterocycles. The van der Waals surface area contributed by atoms with E-state index in [1.165, 1.54) is 11.3 Å². The number of esters is 1. The lowest BCUT2D eigenvalue weighted by molar-refractivity contribution is 0.0370. The second-order valence-electron chi connectivity index (χ2n) is 5.50. The van der Waals surface area contributed by atoms with E-state index in [4.69, 9.17) is 9.47 Å². The number of thiazole rings is 1. The Morgan fingerprint density at radius 1 is 1.30 bits per heavy atom. The van der Waals surface area contributed by atoms with Gasteiger partial charge < -0.3 is 9.47 Å². The van der Waals surface area contributed by atoms with E-state index in [2.05, 4.69) is 10.3 Å². The highest BCUT2D eigenvalue weighted by molar-refractivity contribution is 7.16. The Balaban J connectivity index is 2.75. The fourth-order valence-corrected chi connectivity index (χ4v) is 2.09. The summed E-state index contributed by atoms with van der Waals surface area (Å²) in [5.74, 6) is -0.494. The molecule has 112 valence electrons. The van der Waals surface area contributed by atoms with E-state index in [-0.39, 0.29) is 11.8 Å². The van der Waals surface area contributed by atoms with Crippen LogP contribution in [0.1, 0.15) is 50.0 Å². The fourth-order valence-electron chi connectivity index (χ4n) is 1.30. The van der Waals surface area contributed by atoms with Crippen molar-refractivity contribution in [2.75, 3.05) is 5.32 Å². The molecule has 0 aliphatic heterocycles. The molecule has 0 saturated heterocycles. The maximum absolute atomic E-state index is 11.8. The van der Waals surface area contributed by atoms with E-state index < -0.39 is 17.7 Å². The molecule has 0 spiro atoms. The topological polar surface area (TPSA) is 77.5 Å². The third-order valence-corrected chi connectivity index (χ3v) is 2.83. The van der Waals surface area contributed by atoms with Gasteiger partial charge in [0.15, 0.2) is 10.8 Å². The molecular weight excluding hydrogens is 280 g/mol. The van der Waals surface area contributed by atoms with Crippen LogP contribution in [0.2, 0.25) is 0 Å². The number of amides is 1. The van der Waals surface area contributed by atoms with Crippen molar-refractivity contribution >= 4 is 28.5 Å². The van der Waals surface area contributed by atoms with Crippen LogP contribution >= 0.6 is 11.3 Å². The van der Waals surface area contributed by atoms with Gasteiger partial charge in [-0.05, 0) is 41.5 Å². The number of carbonyl (C=O) groups excluding carboxylic acids is 2. The summed E-state index contributed by atoms with van der Waals surface area (Å²) in [5.41, 5.74) is -0.370. The summed E-state index contributed by atoms with van der Waals surface area (Å²) in [4.78, 5) is 28.1. The number of hydrogen-bond acceptors (Lipinski definition) is 6. The number of aromatic nitrogens is 1. The normalized spacial score (nSPS) is 11.3. The molecule has 1 rings (SSSR count). The van der Waals surface area contributed by atoms with Gasteiger partial charge in [-0.25, -0.2) is 14.6 Å². The molecule has 7 heteroatoms. The second-order valence-corrected chi connectivity index (χ2v) is 6.71. The molecule has 1 aromatic rings. The van der Waals surface area contributed by atoms with Crippen molar-refractivity contribution in [3.05, 3.63) is 10.6 Å². The number of rotatable bonds is 3. The van der Waals surface area contributed by atoms with Crippen molar-refractivity contribution < 1.29 is 19.1 Å². The molecular formula is C13H20N2O4S. The highest BCUT2D eigenvalue weighted by atomic mass is 32.1. The van der Waals surface area contributed by atoms with E-state index in [9.17, 15) is 9.59 Å². The summed E-state index contributed by atoms with van der Waals surface area (Å²) in [7, 11) is 0. The molecule has 0 bridgehead atoms. The van der Waals surface area contributed by atoms with Crippen molar-refractivity contribution in [3.63, 3.8) is 0 Å². The van der Waals surface area contributed by atoms with Crippen LogP contribution in [0.15, 0.2) is 0 Å². The molecule has 20 heavy (non-hydrogen) atoms. The molecule has 0 saturated carbocycles. The molecule has 0 atom stereocenters. The van der Waals surface area contributed by atoms with Gasteiger partial charge in [-0.2, -0.15) is 0 Å². The first-order valence-corrected chi connectivity index (χ1v) is 7.08. The zero-order valence-corrected chi connectivity index (χ0v) is 13.4. The van der Waals surface area contributed by atoms with Crippen LogP contribution in [0.4, 0.5) is 9.93 Å². The maximum Gasteiger partial charge on any atom is 0.413 e. The smallest absolute Gasteiger partial charge is 0.413 e. The molecule has 0 unspecified atom stereocenters. The lowest BCUT2D eigenvalue weighted by atomic mass is 10.2. The molecule has 1 amide bonds. The van der Waals surface area contributed by atoms with Crippen molar-refractivity contribution in [2.45, 2.75) is 53.2 Å². The molecule has 0 aliphatic carbocycles. The predicted molar refractivity (Wildman–Crippen MR) is 77.3 cm³/mol. The van der Waals surface area contributed by atoms with Gasteiger partial charge in [-0.15, -0.1) is 11.3 Å². The standard InChI is InChI=1S/C13H20N2O4S/c1-7(2)18-10(16)9-8(3)20-11(14-9)15-12(17)19-13(4,5)6/h7H,1-6H3,(H,14,15,17). The molecule has 0 fully saturated rings. The summed E-state index contributed by atoms with van der Waals surface area (Å²) in [5, 5.41) is 2.82. The Hall–Kier alpha value is -1.63. The number of hydrogen-bond donors (Lipinski definition) is 1. The summed E-state index contributed by atoms with van der Waals surface area (Å²) in [6, 6.07) is 0. The zero-order valence-electron chi connectivity index (χ0n) is 12.6. The molecule has 0 radical (unpaired) electrons. The third-order valence-electron chi connectivity index (χ3n) is 1.94. The monoisotopic (exact) mass is 300 g/mol. The number of anilines is 1. The Bertz CT molecular complexity index is 503. The first kappa shape index (κ1) is 16.4. The highest BCUT2D eigenvalue weighted by Crippen LogP contribution is 2.23. The predicted octanol–water partition coefficient (Wildman–Crippen LogP) is 3.36. The van der Waals surface area contributed by atoms with Crippen LogP contribution in [-0.2, 0) is 9.47 Å². The zero-order chi connectivity index (χ0) is 15.5. The van der Waals surface area contributed by atoms with Gasteiger partial charge in [0.2, 0.25) is 0 Å². The van der Waals surface area contributed by atoms with Gasteiger partial charge >= 0.3 is 12.1 Å². The number of nitrogens with zero attached hydrogens (tertiary/aromatic N) is 1. The number of aryl methyl sites for hydroxylation is 1. The lowest BCUT2D eigenvalue weighted by Gasteiger charge is -2.18. The summed E-state index contributed by atoms with van der Waals surface area (Å²) < 4.78 is 10.2. The van der Waals surface area contributed by atoms with Crippen LogP contribution in [0.5, 0.6) is 0 Å². The van der Waals surface area contributed by atoms with Crippen LogP contribution in [0.25, 0.3) is 0 Å². The van der Waals surface area contributed by atoms with Crippen LogP contribution in [0.3, 0.4) is 0 Å². The maximum atomic E-state index is 11.8. The van der Waals surface area contributed by atoms with Gasteiger partial charge in [0.1, 0.15) is 5.60 Å². The van der Waals surface area contributed by atoms with Crippen molar-refractivity contribution in [1.29, 1.82) is 0 Å². The average Bonchev–Trinajstić information content (AvgIpc) is 2.54. The number of carbonyl (C=O) groups is 2. The Morgan fingerprint density at radius 2 is 1.90 bits per heavy atom. The van der Waals surface area contributed by atoms with Gasteiger partial charge in [0, 0.05) is 4.88 Å². The number of ether oxygens (including phenoxy) is 2. The van der Waals surface area contributed by atoms with Crippen molar-refractivity contribution in [2.24, 2.45) is 0 Å². The van der Waals surface area contributed by atoms with E-state index in [0.717, 1.165) is 0 Å². The molecule has 6 nitrogen and oxygen atoms in total. The lowest BCUT2D eigenvalue weighted by Crippen LogP contribution is -2.27. The van der Waals surface area contributed by atoms with Gasteiger partial charge in [0.05, 0.1) is 6.10 Å². The Morgan fingerprint density at radius 3 is 2.40 bits per heavy atom. The highest BCUT2D eigenvalue weighted by Gasteiger charge is 2.21.